The highest BCUT2D eigenvalue weighted by atomic mass is 16.5. The average Bonchev–Trinajstić information content (AvgIpc) is 3.61. The highest BCUT2D eigenvalue weighted by Gasteiger charge is 2.51. The van der Waals surface area contributed by atoms with Crippen molar-refractivity contribution >= 4 is 10.9 Å². The molecule has 3 heterocycles. The first-order valence-electron chi connectivity index (χ1n) is 20.3. The Kier molecular flexibility index (Phi) is 7.72. The standard InChI is InChI=1S/C56H35N3O/c1-3-13-36(14-4-1)37-24-26-38(27-25-37)50-35-51(59-55(58-50)40-15-5-2-6-16-40)42-29-31-47-45(34-42)44-33-41(43-19-11-17-39-18-12-32-57-54(39)43)28-30-46(44)56(47)48-20-7-9-22-52(48)60-53-23-10-8-21-49(53)56/h1-35H. The van der Waals surface area contributed by atoms with E-state index in [0.29, 0.717) is 5.82 Å². The van der Waals surface area contributed by atoms with E-state index in [-0.39, 0.29) is 0 Å². The van der Waals surface area contributed by atoms with Crippen LogP contribution in [0.5, 0.6) is 11.5 Å². The van der Waals surface area contributed by atoms with Gasteiger partial charge in [-0.15, -0.1) is 0 Å². The molecule has 8 aromatic carbocycles. The molecule has 4 nitrogen and oxygen atoms in total. The average molecular weight is 766 g/mol. The van der Waals surface area contributed by atoms with Gasteiger partial charge in [-0.25, -0.2) is 9.97 Å². The van der Waals surface area contributed by atoms with Crippen molar-refractivity contribution in [2.45, 2.75) is 5.41 Å². The lowest BCUT2D eigenvalue weighted by Gasteiger charge is -2.39. The van der Waals surface area contributed by atoms with E-state index in [0.717, 1.165) is 83.9 Å². The molecule has 1 spiro atoms. The lowest BCUT2D eigenvalue weighted by atomic mass is 9.66. The Morgan fingerprint density at radius 1 is 0.350 bits per heavy atom. The van der Waals surface area contributed by atoms with E-state index in [1.807, 2.05) is 36.5 Å². The first-order valence-corrected chi connectivity index (χ1v) is 20.3. The highest BCUT2D eigenvalue weighted by Crippen LogP contribution is 2.62. The maximum atomic E-state index is 6.65. The summed E-state index contributed by atoms with van der Waals surface area (Å²) in [7, 11) is 0. The number of hydrogen-bond acceptors (Lipinski definition) is 4. The predicted octanol–water partition coefficient (Wildman–Crippen LogP) is 13.8. The number of pyridine rings is 1. The second kappa shape index (κ2) is 13.6. The maximum absolute atomic E-state index is 6.65. The molecule has 0 saturated carbocycles. The summed E-state index contributed by atoms with van der Waals surface area (Å²) in [5, 5.41) is 1.12. The van der Waals surface area contributed by atoms with Gasteiger partial charge in [0.15, 0.2) is 5.82 Å². The Morgan fingerprint density at radius 3 is 1.58 bits per heavy atom. The molecule has 0 unspecified atom stereocenters. The van der Waals surface area contributed by atoms with Crippen molar-refractivity contribution in [3.05, 3.63) is 235 Å². The highest BCUT2D eigenvalue weighted by molar-refractivity contribution is 5.97. The molecule has 1 aliphatic carbocycles. The van der Waals surface area contributed by atoms with Gasteiger partial charge < -0.3 is 4.74 Å². The summed E-state index contributed by atoms with van der Waals surface area (Å²) < 4.78 is 6.65. The van der Waals surface area contributed by atoms with Crippen molar-refractivity contribution in [1.82, 2.24) is 15.0 Å². The SMILES string of the molecule is c1ccc(-c2ccc(-c3cc(-c4ccc5c(c4)-c4cc(-c6cccc7cccnc67)ccc4C54c5ccccc5Oc5ccccc54)nc(-c4ccccc4)n3)cc2)cc1. The zero-order valence-electron chi connectivity index (χ0n) is 32.5. The van der Waals surface area contributed by atoms with Crippen LogP contribution in [0.25, 0.3) is 78.2 Å². The molecule has 0 fully saturated rings. The summed E-state index contributed by atoms with van der Waals surface area (Å²) in [6.07, 6.45) is 1.88. The third-order valence-corrected chi connectivity index (χ3v) is 12.2. The van der Waals surface area contributed by atoms with E-state index < -0.39 is 5.41 Å². The van der Waals surface area contributed by atoms with Gasteiger partial charge in [0, 0.05) is 45.0 Å². The summed E-state index contributed by atoms with van der Waals surface area (Å²) in [4.78, 5) is 15.3. The monoisotopic (exact) mass is 765 g/mol. The Balaban J connectivity index is 1.09. The van der Waals surface area contributed by atoms with Crippen LogP contribution in [0.4, 0.5) is 0 Å². The van der Waals surface area contributed by atoms with E-state index in [1.54, 1.807) is 0 Å². The van der Waals surface area contributed by atoms with Crippen molar-refractivity contribution in [1.29, 1.82) is 0 Å². The van der Waals surface area contributed by atoms with E-state index in [4.69, 9.17) is 19.7 Å². The molecule has 0 radical (unpaired) electrons. The molecule has 12 rings (SSSR count). The Morgan fingerprint density at radius 2 is 0.883 bits per heavy atom. The molecule has 0 bridgehead atoms. The van der Waals surface area contributed by atoms with Crippen LogP contribution in [0.2, 0.25) is 0 Å². The van der Waals surface area contributed by atoms with Crippen LogP contribution in [0.1, 0.15) is 22.3 Å². The van der Waals surface area contributed by atoms with Crippen LogP contribution in [-0.2, 0) is 5.41 Å². The lowest BCUT2D eigenvalue weighted by Crippen LogP contribution is -2.32. The zero-order chi connectivity index (χ0) is 39.6. The molecule has 60 heavy (non-hydrogen) atoms. The van der Waals surface area contributed by atoms with E-state index in [1.165, 1.54) is 22.3 Å². The normalized spacial score (nSPS) is 12.9. The fraction of sp³-hybridized carbons (Fsp3) is 0.0179. The second-order valence-corrected chi connectivity index (χ2v) is 15.5. The summed E-state index contributed by atoms with van der Waals surface area (Å²) in [5.41, 5.74) is 16.8. The van der Waals surface area contributed by atoms with Crippen LogP contribution in [0.3, 0.4) is 0 Å². The molecule has 280 valence electrons. The minimum absolute atomic E-state index is 0.600. The first kappa shape index (κ1) is 34.1. The van der Waals surface area contributed by atoms with Crippen LogP contribution in [0.15, 0.2) is 212 Å². The van der Waals surface area contributed by atoms with Gasteiger partial charge in [0.25, 0.3) is 0 Å². The fourth-order valence-electron chi connectivity index (χ4n) is 9.50. The number of rotatable bonds is 5. The minimum Gasteiger partial charge on any atom is -0.457 e. The third kappa shape index (κ3) is 5.28. The topological polar surface area (TPSA) is 47.9 Å². The van der Waals surface area contributed by atoms with Crippen molar-refractivity contribution in [2.75, 3.05) is 0 Å². The minimum atomic E-state index is -0.600. The number of aromatic nitrogens is 3. The Labute approximate surface area is 348 Å². The van der Waals surface area contributed by atoms with Gasteiger partial charge in [0.2, 0.25) is 0 Å². The van der Waals surface area contributed by atoms with Crippen LogP contribution < -0.4 is 4.74 Å². The smallest absolute Gasteiger partial charge is 0.160 e. The van der Waals surface area contributed by atoms with Crippen molar-refractivity contribution in [3.63, 3.8) is 0 Å². The zero-order valence-corrected chi connectivity index (χ0v) is 32.5. The Bertz CT molecular complexity index is 3230. The summed E-state index contributed by atoms with van der Waals surface area (Å²) in [5.74, 6) is 2.42. The van der Waals surface area contributed by atoms with Gasteiger partial charge in [-0.3, -0.25) is 4.98 Å². The number of ether oxygens (including phenoxy) is 1. The second-order valence-electron chi connectivity index (χ2n) is 15.5. The lowest BCUT2D eigenvalue weighted by molar-refractivity contribution is 0.436. The number of nitrogens with zero attached hydrogens (tertiary/aromatic N) is 3. The van der Waals surface area contributed by atoms with Crippen LogP contribution in [-0.4, -0.2) is 15.0 Å². The largest absolute Gasteiger partial charge is 0.457 e. The number of benzene rings is 8. The maximum Gasteiger partial charge on any atom is 0.160 e. The van der Waals surface area contributed by atoms with Crippen molar-refractivity contribution in [2.24, 2.45) is 0 Å². The summed E-state index contributed by atoms with van der Waals surface area (Å²) in [6, 6.07) is 73.0. The van der Waals surface area contributed by atoms with Crippen molar-refractivity contribution in [3.8, 4) is 78.8 Å². The molecule has 0 N–H and O–H groups in total. The molecule has 0 amide bonds. The molecule has 10 aromatic rings. The van der Waals surface area contributed by atoms with E-state index in [9.17, 15) is 0 Å². The molecule has 0 atom stereocenters. The molecular weight excluding hydrogens is 731 g/mol. The van der Waals surface area contributed by atoms with Gasteiger partial charge in [0.1, 0.15) is 11.5 Å². The Hall–Kier alpha value is -7.95. The van der Waals surface area contributed by atoms with Crippen molar-refractivity contribution < 1.29 is 4.74 Å². The predicted molar refractivity (Wildman–Crippen MR) is 242 cm³/mol. The molecule has 4 heteroatoms. The first-order chi connectivity index (χ1) is 29.7. The molecule has 2 aromatic heterocycles. The number of fused-ring (bicyclic) bond motifs is 10. The van der Waals surface area contributed by atoms with E-state index >= 15 is 0 Å². The quantitative estimate of drug-likeness (QED) is 0.175. The summed E-state index contributed by atoms with van der Waals surface area (Å²) >= 11 is 0. The molecule has 2 aliphatic rings. The summed E-state index contributed by atoms with van der Waals surface area (Å²) in [6.45, 7) is 0. The van der Waals surface area contributed by atoms with E-state index in [2.05, 4.69) is 176 Å². The van der Waals surface area contributed by atoms with Gasteiger partial charge in [-0.1, -0.05) is 170 Å². The number of hydrogen-bond donors (Lipinski definition) is 0. The molecular formula is C56H35N3O. The van der Waals surface area contributed by atoms with Gasteiger partial charge in [-0.05, 0) is 75.3 Å². The fourth-order valence-corrected chi connectivity index (χ4v) is 9.50. The number of para-hydroxylation sites is 3. The van der Waals surface area contributed by atoms with Crippen LogP contribution >= 0.6 is 0 Å². The van der Waals surface area contributed by atoms with Gasteiger partial charge in [0.05, 0.1) is 22.3 Å². The molecule has 0 saturated heterocycles. The van der Waals surface area contributed by atoms with Crippen LogP contribution in [0, 0.1) is 0 Å². The third-order valence-electron chi connectivity index (χ3n) is 12.2. The van der Waals surface area contributed by atoms with Gasteiger partial charge in [-0.2, -0.15) is 0 Å². The molecule has 1 aliphatic heterocycles. The van der Waals surface area contributed by atoms with Gasteiger partial charge >= 0.3 is 0 Å².